The molecule has 2 aliphatic rings. The van der Waals surface area contributed by atoms with Crippen LogP contribution in [0.15, 0.2) is 24.3 Å². The molecule has 0 unspecified atom stereocenters. The minimum atomic E-state index is 0.174. The van der Waals surface area contributed by atoms with Crippen LogP contribution < -0.4 is 5.32 Å². The van der Waals surface area contributed by atoms with Crippen molar-refractivity contribution in [1.29, 1.82) is 0 Å². The molecule has 1 aromatic carbocycles. The monoisotopic (exact) mass is 244 g/mol. The highest BCUT2D eigenvalue weighted by molar-refractivity contribution is 5.80. The van der Waals surface area contributed by atoms with Crippen LogP contribution in [0.2, 0.25) is 0 Å². The van der Waals surface area contributed by atoms with Gasteiger partial charge in [-0.25, -0.2) is 0 Å². The lowest BCUT2D eigenvalue weighted by Gasteiger charge is -2.33. The van der Waals surface area contributed by atoms with Gasteiger partial charge in [-0.15, -0.1) is 0 Å². The van der Waals surface area contributed by atoms with Gasteiger partial charge in [0.25, 0.3) is 0 Å². The molecule has 1 aliphatic carbocycles. The highest BCUT2D eigenvalue weighted by Gasteiger charge is 2.31. The van der Waals surface area contributed by atoms with Gasteiger partial charge in [-0.2, -0.15) is 0 Å². The van der Waals surface area contributed by atoms with E-state index < -0.39 is 0 Å². The molecule has 96 valence electrons. The van der Waals surface area contributed by atoms with E-state index in [-0.39, 0.29) is 5.92 Å². The zero-order chi connectivity index (χ0) is 12.5. The van der Waals surface area contributed by atoms with Crippen LogP contribution in [0, 0.1) is 5.92 Å². The van der Waals surface area contributed by atoms with E-state index in [4.69, 9.17) is 0 Å². The van der Waals surface area contributed by atoms with E-state index in [0.29, 0.717) is 11.9 Å². The number of nitrogens with one attached hydrogen (secondary N) is 1. The molecule has 1 atom stereocenters. The summed E-state index contributed by atoms with van der Waals surface area (Å²) in [5.74, 6) is 0.521. The third-order valence-electron chi connectivity index (χ3n) is 4.08. The van der Waals surface area contributed by atoms with Crippen LogP contribution in [0.3, 0.4) is 0 Å². The topological polar surface area (TPSA) is 32.3 Å². The maximum atomic E-state index is 12.5. The molecule has 1 aromatic rings. The van der Waals surface area contributed by atoms with Crippen molar-refractivity contribution in [2.24, 2.45) is 5.92 Å². The number of carbonyl (C=O) groups is 1. The zero-order valence-electron chi connectivity index (χ0n) is 10.9. The summed E-state index contributed by atoms with van der Waals surface area (Å²) in [7, 11) is 0. The largest absolute Gasteiger partial charge is 0.340 e. The highest BCUT2D eigenvalue weighted by atomic mass is 16.2. The first-order valence-electron chi connectivity index (χ1n) is 6.83. The van der Waals surface area contributed by atoms with Gasteiger partial charge in [-0.3, -0.25) is 4.79 Å². The lowest BCUT2D eigenvalue weighted by Crippen LogP contribution is -2.52. The Bertz CT molecular complexity index is 433. The molecule has 1 heterocycles. The molecule has 3 nitrogen and oxygen atoms in total. The van der Waals surface area contributed by atoms with Gasteiger partial charge in [0.05, 0.1) is 0 Å². The van der Waals surface area contributed by atoms with Crippen LogP contribution in [0.25, 0.3) is 0 Å². The normalized spacial score (nSPS) is 24.1. The van der Waals surface area contributed by atoms with E-state index in [1.54, 1.807) is 0 Å². The van der Waals surface area contributed by atoms with Crippen LogP contribution in [-0.4, -0.2) is 36.5 Å². The molecule has 0 spiro atoms. The van der Waals surface area contributed by atoms with Crippen LogP contribution in [0.4, 0.5) is 0 Å². The fourth-order valence-electron chi connectivity index (χ4n) is 3.12. The predicted octanol–water partition coefficient (Wildman–Crippen LogP) is 1.22. The number of amides is 1. The second-order valence-electron chi connectivity index (χ2n) is 5.51. The third-order valence-corrected chi connectivity index (χ3v) is 4.08. The summed E-state index contributed by atoms with van der Waals surface area (Å²) in [6, 6.07) is 8.87. The average Bonchev–Trinajstić information content (AvgIpc) is 2.81. The summed E-state index contributed by atoms with van der Waals surface area (Å²) >= 11 is 0. The maximum Gasteiger partial charge on any atom is 0.226 e. The van der Waals surface area contributed by atoms with Gasteiger partial charge in [-0.05, 0) is 30.9 Å². The van der Waals surface area contributed by atoms with Crippen molar-refractivity contribution in [2.45, 2.75) is 25.8 Å². The number of carbonyl (C=O) groups excluding carboxylic acids is 1. The molecule has 1 N–H and O–H groups in total. The molecular weight excluding hydrogens is 224 g/mol. The first-order valence-corrected chi connectivity index (χ1v) is 6.83. The Morgan fingerprint density at radius 2 is 1.94 bits per heavy atom. The quantitative estimate of drug-likeness (QED) is 0.805. The molecule has 3 heteroatoms. The van der Waals surface area contributed by atoms with E-state index in [1.165, 1.54) is 11.1 Å². The van der Waals surface area contributed by atoms with E-state index >= 15 is 0 Å². The molecule has 0 aromatic heterocycles. The first kappa shape index (κ1) is 11.7. The zero-order valence-corrected chi connectivity index (χ0v) is 10.9. The van der Waals surface area contributed by atoms with Gasteiger partial charge in [-0.1, -0.05) is 24.3 Å². The SMILES string of the molecule is C[C@H]1CN(C(=O)C2Cc3ccccc3C2)CCN1. The van der Waals surface area contributed by atoms with Gasteiger partial charge in [0.2, 0.25) is 5.91 Å². The minimum absolute atomic E-state index is 0.174. The van der Waals surface area contributed by atoms with Crippen molar-refractivity contribution < 1.29 is 4.79 Å². The van der Waals surface area contributed by atoms with E-state index in [1.807, 2.05) is 4.90 Å². The van der Waals surface area contributed by atoms with Crippen molar-refractivity contribution in [3.05, 3.63) is 35.4 Å². The summed E-state index contributed by atoms with van der Waals surface area (Å²) < 4.78 is 0. The number of fused-ring (bicyclic) bond motifs is 1. The standard InChI is InChI=1S/C15H20N2O/c1-11-10-17(7-6-16-11)15(18)14-8-12-4-2-3-5-13(12)9-14/h2-5,11,14,16H,6-10H2,1H3/t11-/m0/s1. The summed E-state index contributed by atoms with van der Waals surface area (Å²) in [5.41, 5.74) is 2.72. The van der Waals surface area contributed by atoms with E-state index in [0.717, 1.165) is 32.5 Å². The van der Waals surface area contributed by atoms with Gasteiger partial charge < -0.3 is 10.2 Å². The molecule has 1 saturated heterocycles. The summed E-state index contributed by atoms with van der Waals surface area (Å²) in [4.78, 5) is 14.6. The number of rotatable bonds is 1. The Balaban J connectivity index is 1.68. The molecule has 0 radical (unpaired) electrons. The summed E-state index contributed by atoms with van der Waals surface area (Å²) in [6.45, 7) is 4.77. The van der Waals surface area contributed by atoms with Crippen LogP contribution in [0.5, 0.6) is 0 Å². The number of nitrogens with zero attached hydrogens (tertiary/aromatic N) is 1. The van der Waals surface area contributed by atoms with Crippen LogP contribution >= 0.6 is 0 Å². The summed E-state index contributed by atoms with van der Waals surface area (Å²) in [6.07, 6.45) is 1.85. The number of hydrogen-bond acceptors (Lipinski definition) is 2. The fourth-order valence-corrected chi connectivity index (χ4v) is 3.12. The van der Waals surface area contributed by atoms with Crippen LogP contribution in [0.1, 0.15) is 18.1 Å². The molecular formula is C15H20N2O. The summed E-state index contributed by atoms with van der Waals surface area (Å²) in [5, 5.41) is 3.38. The van der Waals surface area contributed by atoms with Gasteiger partial charge in [0, 0.05) is 31.6 Å². The minimum Gasteiger partial charge on any atom is -0.340 e. The lowest BCUT2D eigenvalue weighted by molar-refractivity contribution is -0.136. The number of hydrogen-bond donors (Lipinski definition) is 1. The van der Waals surface area contributed by atoms with Gasteiger partial charge >= 0.3 is 0 Å². The van der Waals surface area contributed by atoms with Gasteiger partial charge in [0.15, 0.2) is 0 Å². The molecule has 0 saturated carbocycles. The van der Waals surface area contributed by atoms with E-state index in [9.17, 15) is 4.79 Å². The predicted molar refractivity (Wildman–Crippen MR) is 71.4 cm³/mol. The Labute approximate surface area is 108 Å². The fraction of sp³-hybridized carbons (Fsp3) is 0.533. The molecule has 3 rings (SSSR count). The Hall–Kier alpha value is -1.35. The molecule has 1 amide bonds. The molecule has 1 aliphatic heterocycles. The van der Waals surface area contributed by atoms with Crippen molar-refractivity contribution in [1.82, 2.24) is 10.2 Å². The van der Waals surface area contributed by atoms with Crippen molar-refractivity contribution >= 4 is 5.91 Å². The first-order chi connectivity index (χ1) is 8.74. The number of benzene rings is 1. The lowest BCUT2D eigenvalue weighted by atomic mass is 10.0. The average molecular weight is 244 g/mol. The van der Waals surface area contributed by atoms with Crippen LogP contribution in [-0.2, 0) is 17.6 Å². The van der Waals surface area contributed by atoms with Crippen molar-refractivity contribution in [2.75, 3.05) is 19.6 Å². The second-order valence-corrected chi connectivity index (χ2v) is 5.51. The molecule has 18 heavy (non-hydrogen) atoms. The molecule has 0 bridgehead atoms. The smallest absolute Gasteiger partial charge is 0.226 e. The highest BCUT2D eigenvalue weighted by Crippen LogP contribution is 2.28. The molecule has 1 fully saturated rings. The maximum absolute atomic E-state index is 12.5. The Kier molecular flexibility index (Phi) is 3.08. The Morgan fingerprint density at radius 1 is 1.28 bits per heavy atom. The second kappa shape index (κ2) is 4.73. The van der Waals surface area contributed by atoms with Crippen molar-refractivity contribution in [3.8, 4) is 0 Å². The third kappa shape index (κ3) is 2.15. The van der Waals surface area contributed by atoms with Crippen molar-refractivity contribution in [3.63, 3.8) is 0 Å². The number of piperazine rings is 1. The van der Waals surface area contributed by atoms with Gasteiger partial charge in [0.1, 0.15) is 0 Å². The van der Waals surface area contributed by atoms with E-state index in [2.05, 4.69) is 36.5 Å². The Morgan fingerprint density at radius 3 is 2.56 bits per heavy atom.